The Kier molecular flexibility index (Phi) is 5.65. The molecule has 2 aromatic rings. The van der Waals surface area contributed by atoms with Gasteiger partial charge in [-0.05, 0) is 0 Å². The molecule has 0 nitrogen and oxygen atoms in total. The van der Waals surface area contributed by atoms with Gasteiger partial charge in [-0.25, -0.2) is 0 Å². The van der Waals surface area contributed by atoms with Crippen LogP contribution in [0.3, 0.4) is 0 Å². The van der Waals surface area contributed by atoms with Gasteiger partial charge >= 0.3 is 180 Å². The molecule has 0 heterocycles. The van der Waals surface area contributed by atoms with E-state index in [0.29, 0.717) is 43.2 Å². The number of benzene rings is 2. The number of hydrogen-bond acceptors (Lipinski definition) is 0. The fraction of sp³-hybridized carbons (Fsp3) is 0.167. The maximum atomic E-state index is 15.4. The van der Waals surface area contributed by atoms with Crippen LogP contribution in [0.25, 0.3) is 0 Å². The summed E-state index contributed by atoms with van der Waals surface area (Å²) in [6, 6.07) is 2.14. The monoisotopic (exact) mass is 468 g/mol. The number of allylic oxidation sites excluding steroid dienone is 8. The van der Waals surface area contributed by atoms with E-state index in [1.807, 2.05) is 0 Å². The van der Waals surface area contributed by atoms with Crippen molar-refractivity contribution in [2.45, 2.75) is 26.7 Å². The molecule has 31 heavy (non-hydrogen) atoms. The fourth-order valence-corrected chi connectivity index (χ4v) is 13.8. The maximum absolute atomic E-state index is 15.4. The van der Waals surface area contributed by atoms with Crippen LogP contribution in [0.5, 0.6) is 0 Å². The summed E-state index contributed by atoms with van der Waals surface area (Å²) in [4.78, 5) is 0. The van der Waals surface area contributed by atoms with Crippen LogP contribution in [-0.4, -0.2) is 0 Å². The van der Waals surface area contributed by atoms with Crippen LogP contribution in [0.4, 0.5) is 26.3 Å². The summed E-state index contributed by atoms with van der Waals surface area (Å²) in [5.74, 6) is -7.03. The van der Waals surface area contributed by atoms with Crippen molar-refractivity contribution < 1.29 is 42.9 Å². The summed E-state index contributed by atoms with van der Waals surface area (Å²) in [5.41, 5.74) is 1.30. The van der Waals surface area contributed by atoms with Gasteiger partial charge in [-0.3, -0.25) is 0 Å². The third-order valence-electron chi connectivity index (χ3n) is 6.00. The first-order valence-corrected chi connectivity index (χ1v) is 12.8. The standard InChI is InChI=1S/2C6H2F3.2C6H7.Ti/c2*7-4-1-5(8)3-6(9)2-4;2*1-6-4-2-3-5-6;/h2*1-2H;2*2,4H,3H2,1H3;. The first kappa shape index (κ1) is 21.9. The van der Waals surface area contributed by atoms with E-state index in [9.17, 15) is 8.78 Å². The van der Waals surface area contributed by atoms with Gasteiger partial charge in [-0.2, -0.15) is 0 Å². The quantitative estimate of drug-likeness (QED) is 0.376. The molecule has 0 aliphatic heterocycles. The normalized spacial score (nSPS) is 16.3. The second-order valence-corrected chi connectivity index (χ2v) is 13.6. The molecule has 0 atom stereocenters. The molecular formula is C24H18F6Ti. The van der Waals surface area contributed by atoms with E-state index < -0.39 is 59.2 Å². The minimum absolute atomic E-state index is 0.245. The van der Waals surface area contributed by atoms with Crippen LogP contribution >= 0.6 is 0 Å². The van der Waals surface area contributed by atoms with Gasteiger partial charge in [0, 0.05) is 0 Å². The molecule has 0 unspecified atom stereocenters. The van der Waals surface area contributed by atoms with E-state index in [1.165, 1.54) is 0 Å². The molecule has 0 saturated heterocycles. The molecule has 0 aromatic heterocycles. The van der Waals surface area contributed by atoms with Crippen LogP contribution in [-0.2, 0) is 16.6 Å². The number of rotatable bonds is 4. The van der Waals surface area contributed by atoms with Gasteiger partial charge in [0.1, 0.15) is 0 Å². The summed E-state index contributed by atoms with van der Waals surface area (Å²) in [7, 11) is 0. The first-order valence-electron chi connectivity index (χ1n) is 9.71. The van der Waals surface area contributed by atoms with Crippen molar-refractivity contribution in [3.05, 3.63) is 102 Å². The molecule has 0 bridgehead atoms. The van der Waals surface area contributed by atoms with Crippen molar-refractivity contribution in [3.63, 3.8) is 0 Å². The molecule has 0 fully saturated rings. The van der Waals surface area contributed by atoms with Gasteiger partial charge in [0.05, 0.1) is 0 Å². The Hall–Kier alpha value is -2.31. The first-order chi connectivity index (χ1) is 14.7. The van der Waals surface area contributed by atoms with Gasteiger partial charge in [0.25, 0.3) is 0 Å². The minimum atomic E-state index is -4.99. The van der Waals surface area contributed by atoms with E-state index in [4.69, 9.17) is 0 Å². The second-order valence-electron chi connectivity index (χ2n) is 7.77. The van der Waals surface area contributed by atoms with Crippen LogP contribution in [0.15, 0.2) is 67.5 Å². The third kappa shape index (κ3) is 3.37. The molecule has 0 saturated carbocycles. The predicted molar refractivity (Wildman–Crippen MR) is 105 cm³/mol. The Balaban J connectivity index is 2.27. The van der Waals surface area contributed by atoms with Gasteiger partial charge in [0.15, 0.2) is 0 Å². The third-order valence-corrected chi connectivity index (χ3v) is 14.5. The van der Waals surface area contributed by atoms with Gasteiger partial charge < -0.3 is 0 Å². The van der Waals surface area contributed by atoms with Crippen LogP contribution in [0.1, 0.15) is 26.7 Å². The zero-order valence-corrected chi connectivity index (χ0v) is 18.4. The molecule has 2 aliphatic carbocycles. The zero-order chi connectivity index (χ0) is 22.5. The van der Waals surface area contributed by atoms with Crippen LogP contribution in [0, 0.1) is 34.9 Å². The number of hydrogen-bond donors (Lipinski definition) is 0. The summed E-state index contributed by atoms with van der Waals surface area (Å²) >= 11 is -4.99. The topological polar surface area (TPSA) is 0 Å². The predicted octanol–water partition coefficient (Wildman–Crippen LogP) is 6.09. The molecule has 0 amide bonds. The Morgan fingerprint density at radius 3 is 1.16 bits per heavy atom. The molecule has 2 aliphatic rings. The average molecular weight is 468 g/mol. The second kappa shape index (κ2) is 7.99. The summed E-state index contributed by atoms with van der Waals surface area (Å²) in [6.45, 7) is 3.44. The molecule has 160 valence electrons. The van der Waals surface area contributed by atoms with E-state index in [2.05, 4.69) is 0 Å². The Bertz CT molecular complexity index is 1080. The van der Waals surface area contributed by atoms with Crippen molar-refractivity contribution in [2.75, 3.05) is 0 Å². The average Bonchev–Trinajstić information content (AvgIpc) is 3.27. The summed E-state index contributed by atoms with van der Waals surface area (Å²) in [5, 5.41) is 0. The molecule has 2 aromatic carbocycles. The fourth-order valence-electron chi connectivity index (χ4n) is 4.84. The van der Waals surface area contributed by atoms with Gasteiger partial charge in [0.2, 0.25) is 0 Å². The summed E-state index contributed by atoms with van der Waals surface area (Å²) < 4.78 is 89.1. The Morgan fingerprint density at radius 2 is 0.903 bits per heavy atom. The molecule has 4 rings (SSSR count). The van der Waals surface area contributed by atoms with Crippen molar-refractivity contribution in [3.8, 4) is 0 Å². The van der Waals surface area contributed by atoms with E-state index in [0.717, 1.165) is 0 Å². The summed E-state index contributed by atoms with van der Waals surface area (Å²) in [6.07, 6.45) is 7.51. The Labute approximate surface area is 179 Å². The van der Waals surface area contributed by atoms with E-state index >= 15 is 17.6 Å². The van der Waals surface area contributed by atoms with Gasteiger partial charge in [-0.15, -0.1) is 0 Å². The van der Waals surface area contributed by atoms with Crippen LogP contribution in [0.2, 0.25) is 0 Å². The zero-order valence-electron chi connectivity index (χ0n) is 16.8. The Morgan fingerprint density at radius 1 is 0.581 bits per heavy atom. The molecule has 0 radical (unpaired) electrons. The van der Waals surface area contributed by atoms with E-state index in [1.54, 1.807) is 38.2 Å². The van der Waals surface area contributed by atoms with Crippen molar-refractivity contribution in [2.24, 2.45) is 0 Å². The van der Waals surface area contributed by atoms with Crippen molar-refractivity contribution in [1.82, 2.24) is 0 Å². The molecule has 7 heteroatoms. The molecule has 0 N–H and O–H groups in total. The van der Waals surface area contributed by atoms with Crippen LogP contribution < -0.4 is 7.74 Å². The molecule has 0 spiro atoms. The van der Waals surface area contributed by atoms with E-state index in [-0.39, 0.29) is 12.8 Å². The SMILES string of the molecule is CC1=[C]([Ti]([C]2=C(C)C=CC2)([c]2c(F)cc(F)cc2F)[c]2c(F)cc(F)cc2F)CC=C1. The molecular weight excluding hydrogens is 450 g/mol. The van der Waals surface area contributed by atoms with Crippen molar-refractivity contribution >= 4 is 7.74 Å². The van der Waals surface area contributed by atoms with Gasteiger partial charge in [-0.1, -0.05) is 0 Å². The van der Waals surface area contributed by atoms with Crippen molar-refractivity contribution in [1.29, 1.82) is 0 Å². The number of halogens is 6.